The summed E-state index contributed by atoms with van der Waals surface area (Å²) < 4.78 is 16.0. The molecule has 0 unspecified atom stereocenters. The van der Waals surface area contributed by atoms with E-state index in [2.05, 4.69) is 30.9 Å². The van der Waals surface area contributed by atoms with Crippen molar-refractivity contribution in [3.8, 4) is 0 Å². The number of hydrogen-bond acceptors (Lipinski definition) is 8. The first-order valence-corrected chi connectivity index (χ1v) is 12.4. The maximum atomic E-state index is 14.5. The van der Waals surface area contributed by atoms with Crippen molar-refractivity contribution >= 4 is 40.2 Å². The Morgan fingerprint density at radius 3 is 2.82 bits per heavy atom. The van der Waals surface area contributed by atoms with Crippen molar-refractivity contribution < 1.29 is 9.18 Å². The minimum Gasteiger partial charge on any atom is -0.381 e. The summed E-state index contributed by atoms with van der Waals surface area (Å²) in [7, 11) is 1.63. The van der Waals surface area contributed by atoms with E-state index in [0.29, 0.717) is 59.2 Å². The minimum atomic E-state index is -0.455. The average molecular weight is 484 g/mol. The molecule has 0 aromatic carbocycles. The summed E-state index contributed by atoms with van der Waals surface area (Å²) in [5.41, 5.74) is 1.21. The van der Waals surface area contributed by atoms with Crippen molar-refractivity contribution in [2.45, 2.75) is 43.2 Å². The van der Waals surface area contributed by atoms with Crippen LogP contribution in [0.2, 0.25) is 0 Å². The van der Waals surface area contributed by atoms with E-state index in [4.69, 9.17) is 0 Å². The number of anilines is 2. The van der Waals surface area contributed by atoms with Crippen LogP contribution in [0.1, 0.15) is 31.5 Å². The third kappa shape index (κ3) is 4.76. The zero-order chi connectivity index (χ0) is 23.7. The Balaban J connectivity index is 1.15. The van der Waals surface area contributed by atoms with Gasteiger partial charge in [0.1, 0.15) is 11.6 Å². The molecule has 5 rings (SSSR count). The Hall–Kier alpha value is -3.05. The van der Waals surface area contributed by atoms with Crippen molar-refractivity contribution in [1.82, 2.24) is 24.8 Å². The number of fused-ring (bicyclic) bond motifs is 2. The molecule has 0 spiro atoms. The normalized spacial score (nSPS) is 20.1. The number of nitrogens with zero attached hydrogens (tertiary/aromatic N) is 4. The maximum Gasteiger partial charge on any atom is 0.250 e. The molecular formula is C23H26FN7O2S. The number of hydrogen-bond donors (Lipinski definition) is 3. The van der Waals surface area contributed by atoms with Crippen LogP contribution < -0.4 is 21.5 Å². The number of amides is 1. The number of aryl methyl sites for hydroxylation is 1. The van der Waals surface area contributed by atoms with Crippen LogP contribution in [-0.4, -0.2) is 43.8 Å². The van der Waals surface area contributed by atoms with Crippen molar-refractivity contribution in [3.05, 3.63) is 46.5 Å². The molecule has 0 atom stereocenters. The third-order valence-corrected chi connectivity index (χ3v) is 7.49. The second kappa shape index (κ2) is 9.67. The first-order chi connectivity index (χ1) is 16.5. The van der Waals surface area contributed by atoms with Crippen LogP contribution in [0.15, 0.2) is 34.2 Å². The average Bonchev–Trinajstić information content (AvgIpc) is 2.85. The predicted octanol–water partition coefficient (Wildman–Crippen LogP) is 2.67. The van der Waals surface area contributed by atoms with E-state index in [1.165, 1.54) is 28.6 Å². The monoisotopic (exact) mass is 483 g/mol. The van der Waals surface area contributed by atoms with Crippen LogP contribution in [0.4, 0.5) is 15.9 Å². The lowest BCUT2D eigenvalue weighted by molar-refractivity contribution is -0.113. The first-order valence-electron chi connectivity index (χ1n) is 11.4. The summed E-state index contributed by atoms with van der Waals surface area (Å²) in [6.45, 7) is 1.18. The zero-order valence-corrected chi connectivity index (χ0v) is 19.6. The molecule has 1 fully saturated rings. The molecular weight excluding hydrogens is 457 g/mol. The van der Waals surface area contributed by atoms with Crippen molar-refractivity contribution in [2.24, 2.45) is 13.0 Å². The molecule has 0 bridgehead atoms. The van der Waals surface area contributed by atoms with Gasteiger partial charge in [-0.15, -0.1) is 11.8 Å². The second-order valence-electron chi connectivity index (χ2n) is 8.76. The van der Waals surface area contributed by atoms with Crippen molar-refractivity contribution in [2.75, 3.05) is 22.9 Å². The molecule has 4 heterocycles. The lowest BCUT2D eigenvalue weighted by Gasteiger charge is -2.29. The van der Waals surface area contributed by atoms with Gasteiger partial charge in [0.2, 0.25) is 5.91 Å². The van der Waals surface area contributed by atoms with E-state index < -0.39 is 5.82 Å². The Labute approximate surface area is 200 Å². The van der Waals surface area contributed by atoms with Crippen molar-refractivity contribution in [3.63, 3.8) is 0 Å². The van der Waals surface area contributed by atoms with E-state index in [0.717, 1.165) is 30.6 Å². The number of rotatable bonds is 6. The molecule has 1 saturated carbocycles. The quantitative estimate of drug-likeness (QED) is 0.490. The van der Waals surface area contributed by atoms with Crippen LogP contribution >= 0.6 is 11.8 Å². The summed E-state index contributed by atoms with van der Waals surface area (Å²) in [5, 5.41) is 9.57. The molecule has 11 heteroatoms. The molecule has 178 valence electrons. The van der Waals surface area contributed by atoms with Gasteiger partial charge in [-0.3, -0.25) is 14.6 Å². The lowest BCUT2D eigenvalue weighted by Crippen LogP contribution is -2.35. The summed E-state index contributed by atoms with van der Waals surface area (Å²) in [4.78, 5) is 37.5. The fourth-order valence-corrected chi connectivity index (χ4v) is 5.27. The fourth-order valence-electron chi connectivity index (χ4n) is 4.55. The molecule has 1 amide bonds. The number of thioether (sulfide) groups is 1. The summed E-state index contributed by atoms with van der Waals surface area (Å²) in [6.07, 6.45) is 6.98. The van der Waals surface area contributed by atoms with E-state index in [1.54, 1.807) is 19.3 Å². The van der Waals surface area contributed by atoms with Crippen LogP contribution in [0.25, 0.3) is 11.0 Å². The molecule has 34 heavy (non-hydrogen) atoms. The highest BCUT2D eigenvalue weighted by Crippen LogP contribution is 2.30. The first kappa shape index (κ1) is 22.7. The molecule has 3 N–H and O–H groups in total. The summed E-state index contributed by atoms with van der Waals surface area (Å²) in [6, 6.07) is 3.42. The van der Waals surface area contributed by atoms with Gasteiger partial charge in [-0.05, 0) is 37.7 Å². The second-order valence-corrected chi connectivity index (χ2v) is 9.78. The molecule has 3 aromatic heterocycles. The Bertz CT molecular complexity index is 1290. The number of carbonyl (C=O) groups is 1. The van der Waals surface area contributed by atoms with E-state index in [1.807, 2.05) is 0 Å². The van der Waals surface area contributed by atoms with Crippen LogP contribution in [0, 0.1) is 11.7 Å². The molecule has 3 aromatic rings. The largest absolute Gasteiger partial charge is 0.381 e. The number of halogens is 1. The topological polar surface area (TPSA) is 114 Å². The lowest BCUT2D eigenvalue weighted by atomic mass is 9.86. The highest BCUT2D eigenvalue weighted by Gasteiger charge is 2.23. The highest BCUT2D eigenvalue weighted by atomic mass is 32.2. The Morgan fingerprint density at radius 1 is 1.18 bits per heavy atom. The predicted molar refractivity (Wildman–Crippen MR) is 129 cm³/mol. The third-order valence-electron chi connectivity index (χ3n) is 6.47. The molecule has 9 nitrogen and oxygen atoms in total. The molecule has 0 saturated heterocycles. The van der Waals surface area contributed by atoms with Gasteiger partial charge in [-0.25, -0.2) is 14.4 Å². The van der Waals surface area contributed by atoms with Crippen molar-refractivity contribution in [1.29, 1.82) is 0 Å². The number of pyridine rings is 2. The van der Waals surface area contributed by atoms with Gasteiger partial charge < -0.3 is 20.5 Å². The van der Waals surface area contributed by atoms with E-state index in [9.17, 15) is 14.0 Å². The van der Waals surface area contributed by atoms with E-state index >= 15 is 0 Å². The van der Waals surface area contributed by atoms with E-state index in [-0.39, 0.29) is 11.5 Å². The molecule has 2 aliphatic rings. The van der Waals surface area contributed by atoms with Gasteiger partial charge in [-0.2, -0.15) is 0 Å². The maximum absolute atomic E-state index is 14.5. The van der Waals surface area contributed by atoms with Gasteiger partial charge in [0, 0.05) is 31.9 Å². The number of nitrogens with one attached hydrogen (secondary N) is 3. The van der Waals surface area contributed by atoms with Gasteiger partial charge >= 0.3 is 0 Å². The zero-order valence-electron chi connectivity index (χ0n) is 18.8. The van der Waals surface area contributed by atoms with Gasteiger partial charge in [0.15, 0.2) is 5.82 Å². The Morgan fingerprint density at radius 2 is 2.00 bits per heavy atom. The standard InChI is InChI=1S/C23H26FN7O2S/c1-31-20(33)7-6-16-22(31)21(15(24)9-26-16)28-8-13-2-4-14(5-3-13)25-11-18-27-10-17-23(29-18)30-19(32)12-34-17/h6-7,9-10,13-14,25H,2-5,8,11-12H2,1H3,(H,26,28)(H,27,29,30,32). The SMILES string of the molecule is Cn1c(=O)ccc2ncc(F)c(NCC3CCC(NCc4ncc5c(n4)NC(=O)CS5)CC3)c21. The van der Waals surface area contributed by atoms with Gasteiger partial charge in [0.25, 0.3) is 5.56 Å². The molecule has 0 radical (unpaired) electrons. The van der Waals surface area contributed by atoms with Crippen LogP contribution in [-0.2, 0) is 18.4 Å². The smallest absolute Gasteiger partial charge is 0.250 e. The number of aromatic nitrogens is 4. The Kier molecular flexibility index (Phi) is 6.46. The molecule has 1 aliphatic heterocycles. The minimum absolute atomic E-state index is 0.0380. The highest BCUT2D eigenvalue weighted by molar-refractivity contribution is 8.00. The van der Waals surface area contributed by atoms with Gasteiger partial charge in [0.05, 0.1) is 40.1 Å². The summed E-state index contributed by atoms with van der Waals surface area (Å²) in [5.74, 6) is 1.57. The fraction of sp³-hybridized carbons (Fsp3) is 0.435. The van der Waals surface area contributed by atoms with Gasteiger partial charge in [-0.1, -0.05) is 0 Å². The number of carbonyl (C=O) groups excluding carboxylic acids is 1. The summed E-state index contributed by atoms with van der Waals surface area (Å²) >= 11 is 1.45. The molecule has 1 aliphatic carbocycles. The van der Waals surface area contributed by atoms with Crippen LogP contribution in [0.5, 0.6) is 0 Å². The van der Waals surface area contributed by atoms with Crippen LogP contribution in [0.3, 0.4) is 0 Å².